The largest absolute Gasteiger partial charge is 0.477 e. The predicted octanol–water partition coefficient (Wildman–Crippen LogP) is 1.25. The molecule has 0 aromatic carbocycles. The summed E-state index contributed by atoms with van der Waals surface area (Å²) in [4.78, 5) is 24.7. The minimum Gasteiger partial charge on any atom is -0.477 e. The molecule has 8 heteroatoms. The average Bonchev–Trinajstić information content (AvgIpc) is 2.39. The van der Waals surface area contributed by atoms with Crippen molar-refractivity contribution in [2.75, 3.05) is 13.2 Å². The summed E-state index contributed by atoms with van der Waals surface area (Å²) < 4.78 is 10.6. The van der Waals surface area contributed by atoms with Gasteiger partial charge in [0, 0.05) is 18.9 Å². The van der Waals surface area contributed by atoms with Crippen LogP contribution >= 0.6 is 0 Å². The van der Waals surface area contributed by atoms with E-state index >= 15 is 0 Å². The third-order valence-electron chi connectivity index (χ3n) is 2.72. The van der Waals surface area contributed by atoms with Gasteiger partial charge in [-0.1, -0.05) is 0 Å². The van der Waals surface area contributed by atoms with Gasteiger partial charge in [-0.2, -0.15) is 0 Å². The number of hydrogen-bond acceptors (Lipinski definition) is 6. The lowest BCUT2D eigenvalue weighted by molar-refractivity contribution is -0.385. The Labute approximate surface area is 108 Å². The summed E-state index contributed by atoms with van der Waals surface area (Å²) in [5.74, 6) is -1.40. The van der Waals surface area contributed by atoms with Gasteiger partial charge in [0.25, 0.3) is 5.69 Å². The number of ether oxygens (including phenoxy) is 2. The Morgan fingerprint density at radius 1 is 1.53 bits per heavy atom. The normalized spacial score (nSPS) is 16.0. The highest BCUT2D eigenvalue weighted by Crippen LogP contribution is 2.24. The van der Waals surface area contributed by atoms with Gasteiger partial charge in [-0.15, -0.1) is 0 Å². The molecule has 19 heavy (non-hydrogen) atoms. The molecule has 1 aliphatic rings. The molecule has 8 nitrogen and oxygen atoms in total. The van der Waals surface area contributed by atoms with Crippen molar-refractivity contribution in [3.8, 4) is 5.88 Å². The fourth-order valence-electron chi connectivity index (χ4n) is 1.74. The molecule has 0 spiro atoms. The zero-order valence-electron chi connectivity index (χ0n) is 9.94. The van der Waals surface area contributed by atoms with E-state index in [1.807, 2.05) is 0 Å². The third-order valence-corrected chi connectivity index (χ3v) is 2.72. The lowest BCUT2D eigenvalue weighted by Gasteiger charge is -2.23. The molecule has 0 aliphatic carbocycles. The molecule has 1 fully saturated rings. The Morgan fingerprint density at radius 3 is 2.79 bits per heavy atom. The molecule has 0 unspecified atom stereocenters. The van der Waals surface area contributed by atoms with Crippen molar-refractivity contribution < 1.29 is 24.3 Å². The number of aromatic carboxylic acids is 1. The maximum absolute atomic E-state index is 11.1. The summed E-state index contributed by atoms with van der Waals surface area (Å²) in [6, 6.07) is 0.948. The quantitative estimate of drug-likeness (QED) is 0.645. The van der Waals surface area contributed by atoms with Crippen LogP contribution in [0.25, 0.3) is 0 Å². The first-order valence-corrected chi connectivity index (χ1v) is 5.70. The number of nitro groups is 1. The lowest BCUT2D eigenvalue weighted by atomic mass is 10.1. The summed E-state index contributed by atoms with van der Waals surface area (Å²) in [6.07, 6.45) is 2.08. The van der Waals surface area contributed by atoms with Gasteiger partial charge in [0.1, 0.15) is 17.9 Å². The van der Waals surface area contributed by atoms with Crippen LogP contribution in [0.3, 0.4) is 0 Å². The number of carboxylic acid groups (broad SMARTS) is 1. The predicted molar refractivity (Wildman–Crippen MR) is 62.3 cm³/mol. The van der Waals surface area contributed by atoms with Crippen molar-refractivity contribution >= 4 is 11.7 Å². The van der Waals surface area contributed by atoms with E-state index in [9.17, 15) is 14.9 Å². The van der Waals surface area contributed by atoms with Crippen LogP contribution in [-0.2, 0) is 4.74 Å². The van der Waals surface area contributed by atoms with E-state index in [1.165, 1.54) is 0 Å². The number of aromatic nitrogens is 1. The Morgan fingerprint density at radius 2 is 2.21 bits per heavy atom. The molecule has 1 aromatic rings. The second-order valence-electron chi connectivity index (χ2n) is 4.04. The summed E-state index contributed by atoms with van der Waals surface area (Å²) in [7, 11) is 0. The first-order valence-electron chi connectivity index (χ1n) is 5.70. The van der Waals surface area contributed by atoms with Crippen molar-refractivity contribution in [1.82, 2.24) is 4.98 Å². The molecule has 2 rings (SSSR count). The minimum atomic E-state index is -1.31. The molecular weight excluding hydrogens is 256 g/mol. The van der Waals surface area contributed by atoms with E-state index < -0.39 is 10.9 Å². The van der Waals surface area contributed by atoms with Gasteiger partial charge >= 0.3 is 5.97 Å². The van der Waals surface area contributed by atoms with Crippen LogP contribution < -0.4 is 4.74 Å². The van der Waals surface area contributed by atoms with E-state index in [2.05, 4.69) is 4.98 Å². The second-order valence-corrected chi connectivity index (χ2v) is 4.04. The van der Waals surface area contributed by atoms with Gasteiger partial charge in [-0.3, -0.25) is 10.1 Å². The molecule has 102 valence electrons. The highest BCUT2D eigenvalue weighted by molar-refractivity contribution is 5.90. The standard InChI is InChI=1S/C11H12N2O6/c14-11(15)9-5-7(13(16)17)6-12-10(9)19-8-1-3-18-4-2-8/h5-6,8H,1-4H2,(H,14,15). The highest BCUT2D eigenvalue weighted by atomic mass is 16.6. The molecule has 1 N–H and O–H groups in total. The summed E-state index contributed by atoms with van der Waals surface area (Å²) in [5, 5.41) is 19.6. The maximum atomic E-state index is 11.1. The Balaban J connectivity index is 2.23. The van der Waals surface area contributed by atoms with Crippen LogP contribution in [0, 0.1) is 10.1 Å². The Hall–Kier alpha value is -2.22. The lowest BCUT2D eigenvalue weighted by Crippen LogP contribution is -2.27. The molecule has 0 saturated carbocycles. The van der Waals surface area contributed by atoms with Gasteiger partial charge in [0.2, 0.25) is 5.88 Å². The van der Waals surface area contributed by atoms with Crippen molar-refractivity contribution in [1.29, 1.82) is 0 Å². The van der Waals surface area contributed by atoms with Crippen molar-refractivity contribution in [3.05, 3.63) is 27.9 Å². The third kappa shape index (κ3) is 3.16. The molecule has 1 saturated heterocycles. The fraction of sp³-hybridized carbons (Fsp3) is 0.455. The first kappa shape index (κ1) is 13.2. The molecular formula is C11H12N2O6. The summed E-state index contributed by atoms with van der Waals surface area (Å²) in [6.45, 7) is 1.08. The van der Waals surface area contributed by atoms with E-state index in [4.69, 9.17) is 14.6 Å². The van der Waals surface area contributed by atoms with Crippen LogP contribution in [0.2, 0.25) is 0 Å². The van der Waals surface area contributed by atoms with E-state index in [-0.39, 0.29) is 23.2 Å². The monoisotopic (exact) mass is 268 g/mol. The first-order chi connectivity index (χ1) is 9.08. The number of hydrogen-bond donors (Lipinski definition) is 1. The second kappa shape index (κ2) is 5.61. The van der Waals surface area contributed by atoms with Crippen LogP contribution in [0.4, 0.5) is 5.69 Å². The van der Waals surface area contributed by atoms with Crippen LogP contribution in [0.1, 0.15) is 23.2 Å². The maximum Gasteiger partial charge on any atom is 0.341 e. The van der Waals surface area contributed by atoms with E-state index in [0.717, 1.165) is 12.3 Å². The Kier molecular flexibility index (Phi) is 3.91. The van der Waals surface area contributed by atoms with Gasteiger partial charge in [0.15, 0.2) is 0 Å². The van der Waals surface area contributed by atoms with Crippen LogP contribution in [0.5, 0.6) is 5.88 Å². The average molecular weight is 268 g/mol. The van der Waals surface area contributed by atoms with Gasteiger partial charge in [0.05, 0.1) is 18.1 Å². The van der Waals surface area contributed by atoms with Gasteiger partial charge in [-0.05, 0) is 0 Å². The van der Waals surface area contributed by atoms with Crippen LogP contribution in [0.15, 0.2) is 12.3 Å². The van der Waals surface area contributed by atoms with Crippen molar-refractivity contribution in [3.63, 3.8) is 0 Å². The number of nitrogens with zero attached hydrogens (tertiary/aromatic N) is 2. The van der Waals surface area contributed by atoms with Gasteiger partial charge in [-0.25, -0.2) is 9.78 Å². The topological polar surface area (TPSA) is 112 Å². The summed E-state index contributed by atoms with van der Waals surface area (Å²) >= 11 is 0. The molecule has 0 radical (unpaired) electrons. The van der Waals surface area contributed by atoms with Crippen molar-refractivity contribution in [2.45, 2.75) is 18.9 Å². The van der Waals surface area contributed by atoms with Crippen LogP contribution in [-0.4, -0.2) is 40.3 Å². The number of pyridine rings is 1. The molecule has 2 heterocycles. The zero-order chi connectivity index (χ0) is 13.8. The summed E-state index contributed by atoms with van der Waals surface area (Å²) in [5.41, 5.74) is -0.683. The van der Waals surface area contributed by atoms with E-state index in [1.54, 1.807) is 0 Å². The molecule has 1 aromatic heterocycles. The zero-order valence-corrected chi connectivity index (χ0v) is 9.94. The number of carbonyl (C=O) groups is 1. The number of rotatable bonds is 4. The Bertz CT molecular complexity index is 498. The molecule has 0 atom stereocenters. The van der Waals surface area contributed by atoms with E-state index in [0.29, 0.717) is 26.1 Å². The molecule has 0 amide bonds. The smallest absolute Gasteiger partial charge is 0.341 e. The fourth-order valence-corrected chi connectivity index (χ4v) is 1.74. The van der Waals surface area contributed by atoms with Crippen molar-refractivity contribution in [2.24, 2.45) is 0 Å². The molecule has 0 bridgehead atoms. The minimum absolute atomic E-state index is 0.0926. The highest BCUT2D eigenvalue weighted by Gasteiger charge is 2.22. The SMILES string of the molecule is O=C(O)c1cc([N+](=O)[O-])cnc1OC1CCOCC1. The number of carboxylic acids is 1. The molecule has 1 aliphatic heterocycles. The van der Waals surface area contributed by atoms with Gasteiger partial charge < -0.3 is 14.6 Å².